The standard InChI is InChI=1S/C15H28O.C15H30.C15H28/c16-15-13-11-9-7-5-3-1-2-4-6-8-10-12-14-15;2*1-2-4-6-8-10-12-14-15-13-11-9-7-5-3-1/h1-14H2;1-15H2;1-2H,3-15H2. The van der Waals surface area contributed by atoms with Crippen molar-refractivity contribution in [3.05, 3.63) is 12.2 Å². The van der Waals surface area contributed by atoms with Crippen LogP contribution in [-0.2, 0) is 4.79 Å². The average Bonchev–Trinajstić information content (AvgIpc) is 3.10. The molecule has 0 aliphatic heterocycles. The predicted octanol–water partition coefficient (Wildman–Crippen LogP) is 16.5. The van der Waals surface area contributed by atoms with Crippen molar-refractivity contribution in [1.29, 1.82) is 0 Å². The van der Waals surface area contributed by atoms with E-state index in [-0.39, 0.29) is 0 Å². The Morgan fingerprint density at radius 3 is 0.565 bits per heavy atom. The largest absolute Gasteiger partial charge is 0.300 e. The van der Waals surface area contributed by atoms with E-state index in [1.807, 2.05) is 0 Å². The van der Waals surface area contributed by atoms with Gasteiger partial charge in [-0.3, -0.25) is 4.79 Å². The molecule has 0 spiro atoms. The number of ketones is 1. The van der Waals surface area contributed by atoms with Gasteiger partial charge in [-0.25, -0.2) is 0 Å². The van der Waals surface area contributed by atoms with Crippen LogP contribution in [0.1, 0.15) is 270 Å². The Morgan fingerprint density at radius 1 is 0.217 bits per heavy atom. The highest BCUT2D eigenvalue weighted by Crippen LogP contribution is 2.18. The molecule has 2 saturated carbocycles. The van der Waals surface area contributed by atoms with Gasteiger partial charge in [0.1, 0.15) is 5.78 Å². The van der Waals surface area contributed by atoms with Crippen molar-refractivity contribution in [2.24, 2.45) is 0 Å². The summed E-state index contributed by atoms with van der Waals surface area (Å²) in [5.41, 5.74) is 0. The zero-order valence-electron chi connectivity index (χ0n) is 31.8. The Bertz CT molecular complexity index is 514. The Hall–Kier alpha value is -0.590. The topological polar surface area (TPSA) is 17.1 Å². The van der Waals surface area contributed by atoms with Crippen LogP contribution in [-0.4, -0.2) is 5.78 Å². The van der Waals surface area contributed by atoms with Crippen molar-refractivity contribution in [1.82, 2.24) is 0 Å². The SMILES string of the molecule is C1=CCCCCCCCCCCCCC1.C1CCCCCCCCCCCCCC1.O=C1CCCCCCCCCCCCCC1. The lowest BCUT2D eigenvalue weighted by Crippen LogP contribution is -1.97. The van der Waals surface area contributed by atoms with E-state index in [2.05, 4.69) is 12.2 Å². The van der Waals surface area contributed by atoms with Gasteiger partial charge in [0.2, 0.25) is 0 Å². The lowest BCUT2D eigenvalue weighted by molar-refractivity contribution is -0.119. The summed E-state index contributed by atoms with van der Waals surface area (Å²) in [5.74, 6) is 0.509. The third kappa shape index (κ3) is 36.2. The number of Topliss-reactive ketones (excluding diaryl/α,β-unsaturated/α-hetero) is 1. The van der Waals surface area contributed by atoms with E-state index in [0.717, 1.165) is 25.7 Å². The van der Waals surface area contributed by atoms with Gasteiger partial charge in [0, 0.05) is 12.8 Å². The van der Waals surface area contributed by atoms with Crippen LogP contribution in [0.3, 0.4) is 0 Å². The van der Waals surface area contributed by atoms with Gasteiger partial charge in [-0.1, -0.05) is 230 Å². The third-order valence-electron chi connectivity index (χ3n) is 10.8. The lowest BCUT2D eigenvalue weighted by Gasteiger charge is -2.01. The summed E-state index contributed by atoms with van der Waals surface area (Å²) in [6.07, 6.45) is 63.6. The molecule has 1 heteroatoms. The number of hydrogen-bond donors (Lipinski definition) is 0. The van der Waals surface area contributed by atoms with Crippen molar-refractivity contribution in [3.63, 3.8) is 0 Å². The van der Waals surface area contributed by atoms with Gasteiger partial charge in [-0.05, 0) is 38.5 Å². The maximum absolute atomic E-state index is 11.5. The fraction of sp³-hybridized carbons (Fsp3) is 0.933. The predicted molar refractivity (Wildman–Crippen MR) is 208 cm³/mol. The van der Waals surface area contributed by atoms with Crippen molar-refractivity contribution in [2.75, 3.05) is 0 Å². The van der Waals surface area contributed by atoms with Crippen LogP contribution in [0.4, 0.5) is 0 Å². The molecule has 2 fully saturated rings. The molecule has 272 valence electrons. The molecule has 3 rings (SSSR count). The van der Waals surface area contributed by atoms with E-state index < -0.39 is 0 Å². The smallest absolute Gasteiger partial charge is 0.132 e. The van der Waals surface area contributed by atoms with E-state index >= 15 is 0 Å². The molecule has 0 radical (unpaired) electrons. The van der Waals surface area contributed by atoms with Crippen LogP contribution in [0.5, 0.6) is 0 Å². The first-order valence-electron chi connectivity index (χ1n) is 22.1. The quantitative estimate of drug-likeness (QED) is 0.240. The van der Waals surface area contributed by atoms with Gasteiger partial charge in [-0.15, -0.1) is 0 Å². The summed E-state index contributed by atoms with van der Waals surface area (Å²) in [5, 5.41) is 0. The van der Waals surface area contributed by atoms with Gasteiger partial charge in [0.15, 0.2) is 0 Å². The fourth-order valence-electron chi connectivity index (χ4n) is 7.54. The highest BCUT2D eigenvalue weighted by molar-refractivity contribution is 5.78. The molecular weight excluding hydrogens is 556 g/mol. The second-order valence-electron chi connectivity index (χ2n) is 15.5. The number of allylic oxidation sites excluding steroid dienone is 2. The molecule has 0 aromatic rings. The van der Waals surface area contributed by atoms with Gasteiger partial charge in [-0.2, -0.15) is 0 Å². The van der Waals surface area contributed by atoms with Gasteiger partial charge >= 0.3 is 0 Å². The van der Waals surface area contributed by atoms with Crippen LogP contribution in [0, 0.1) is 0 Å². The van der Waals surface area contributed by atoms with Gasteiger partial charge < -0.3 is 0 Å². The summed E-state index contributed by atoms with van der Waals surface area (Å²) in [7, 11) is 0. The number of rotatable bonds is 0. The molecule has 1 nitrogen and oxygen atoms in total. The van der Waals surface area contributed by atoms with Crippen LogP contribution < -0.4 is 0 Å². The number of carbonyl (C=O) groups excluding carboxylic acids is 1. The Kier molecular flexibility index (Phi) is 36.7. The highest BCUT2D eigenvalue weighted by atomic mass is 16.1. The normalized spacial score (nSPS) is 23.4. The Labute approximate surface area is 291 Å². The minimum Gasteiger partial charge on any atom is -0.300 e. The Morgan fingerprint density at radius 2 is 0.370 bits per heavy atom. The summed E-state index contributed by atoms with van der Waals surface area (Å²) >= 11 is 0. The maximum atomic E-state index is 11.5. The first kappa shape index (κ1) is 43.4. The van der Waals surface area contributed by atoms with E-state index in [4.69, 9.17) is 0 Å². The third-order valence-corrected chi connectivity index (χ3v) is 10.8. The van der Waals surface area contributed by atoms with Crippen LogP contribution in [0.15, 0.2) is 12.2 Å². The van der Waals surface area contributed by atoms with E-state index in [1.165, 1.54) is 244 Å². The van der Waals surface area contributed by atoms with E-state index in [1.54, 1.807) is 0 Å². The minimum absolute atomic E-state index is 0.509. The molecule has 0 aromatic heterocycles. The molecule has 3 aliphatic rings. The van der Waals surface area contributed by atoms with Gasteiger partial charge in [0.05, 0.1) is 0 Å². The first-order valence-corrected chi connectivity index (χ1v) is 22.1. The van der Waals surface area contributed by atoms with Crippen LogP contribution >= 0.6 is 0 Å². The van der Waals surface area contributed by atoms with Crippen LogP contribution in [0.25, 0.3) is 0 Å². The van der Waals surface area contributed by atoms with Crippen LogP contribution in [0.2, 0.25) is 0 Å². The number of hydrogen-bond acceptors (Lipinski definition) is 1. The molecule has 0 N–H and O–H groups in total. The fourth-order valence-corrected chi connectivity index (χ4v) is 7.54. The number of carbonyl (C=O) groups is 1. The lowest BCUT2D eigenvalue weighted by atomic mass is 10.0. The van der Waals surface area contributed by atoms with Gasteiger partial charge in [0.25, 0.3) is 0 Å². The maximum Gasteiger partial charge on any atom is 0.132 e. The molecule has 0 amide bonds. The molecule has 46 heavy (non-hydrogen) atoms. The molecular formula is C45H86O. The summed E-state index contributed by atoms with van der Waals surface area (Å²) < 4.78 is 0. The molecule has 0 saturated heterocycles. The van der Waals surface area contributed by atoms with E-state index in [0.29, 0.717) is 5.78 Å². The molecule has 0 bridgehead atoms. The van der Waals surface area contributed by atoms with Crippen molar-refractivity contribution < 1.29 is 4.79 Å². The van der Waals surface area contributed by atoms with Crippen molar-refractivity contribution in [2.45, 2.75) is 270 Å². The summed E-state index contributed by atoms with van der Waals surface area (Å²) in [6.45, 7) is 0. The molecule has 0 atom stereocenters. The molecule has 0 heterocycles. The Balaban J connectivity index is 0.000000345. The average molecular weight is 643 g/mol. The zero-order chi connectivity index (χ0) is 32.7. The second-order valence-corrected chi connectivity index (χ2v) is 15.5. The molecule has 0 aromatic carbocycles. The van der Waals surface area contributed by atoms with Crippen molar-refractivity contribution in [3.8, 4) is 0 Å². The first-order chi connectivity index (χ1) is 22.9. The minimum atomic E-state index is 0.509. The summed E-state index contributed by atoms with van der Waals surface area (Å²) in [4.78, 5) is 11.5. The van der Waals surface area contributed by atoms with E-state index in [9.17, 15) is 4.79 Å². The monoisotopic (exact) mass is 643 g/mol. The zero-order valence-corrected chi connectivity index (χ0v) is 31.8. The molecule has 0 unspecified atom stereocenters. The molecule has 3 aliphatic carbocycles. The summed E-state index contributed by atoms with van der Waals surface area (Å²) in [6, 6.07) is 0. The highest BCUT2D eigenvalue weighted by Gasteiger charge is 2.03. The second kappa shape index (κ2) is 38.9. The van der Waals surface area contributed by atoms with Crippen molar-refractivity contribution >= 4 is 5.78 Å².